The number of halogens is 1. The Hall–Kier alpha value is -1.92. The van der Waals surface area contributed by atoms with Gasteiger partial charge >= 0.3 is 5.97 Å². The van der Waals surface area contributed by atoms with Crippen LogP contribution in [0.5, 0.6) is 0 Å². The van der Waals surface area contributed by atoms with Crippen molar-refractivity contribution in [1.82, 2.24) is 9.55 Å². The lowest BCUT2D eigenvalue weighted by Gasteiger charge is -2.24. The van der Waals surface area contributed by atoms with E-state index in [0.717, 1.165) is 0 Å². The maximum absolute atomic E-state index is 12.5. The fourth-order valence-electron chi connectivity index (χ4n) is 2.44. The third kappa shape index (κ3) is 3.38. The average Bonchev–Trinajstić information content (AvgIpc) is 2.49. The number of aromatic nitrogens is 2. The van der Waals surface area contributed by atoms with Crippen LogP contribution < -0.4 is 5.43 Å². The molecule has 23 heavy (non-hydrogen) atoms. The molecule has 0 aliphatic carbocycles. The predicted molar refractivity (Wildman–Crippen MR) is 87.9 cm³/mol. The lowest BCUT2D eigenvalue weighted by molar-refractivity contribution is 0.0523. The Bertz CT molecular complexity index is 785. The van der Waals surface area contributed by atoms with Crippen LogP contribution in [-0.2, 0) is 4.74 Å². The van der Waals surface area contributed by atoms with Crippen molar-refractivity contribution in [2.24, 2.45) is 5.92 Å². The van der Waals surface area contributed by atoms with Crippen molar-refractivity contribution in [3.8, 4) is 0 Å². The zero-order chi connectivity index (χ0) is 17.1. The van der Waals surface area contributed by atoms with Gasteiger partial charge in [0.25, 0.3) is 0 Å². The largest absolute Gasteiger partial charge is 0.462 e. The van der Waals surface area contributed by atoms with Crippen LogP contribution in [0.25, 0.3) is 11.0 Å². The number of carbonyl (C=O) groups is 1. The molecule has 2 rings (SSSR count). The van der Waals surface area contributed by atoms with E-state index in [2.05, 4.69) is 4.98 Å². The average molecular weight is 339 g/mol. The summed E-state index contributed by atoms with van der Waals surface area (Å²) in [6, 6.07) is 1.28. The second kappa shape index (κ2) is 7.10. The van der Waals surface area contributed by atoms with Crippen LogP contribution in [0.2, 0.25) is 5.02 Å². The zero-order valence-corrected chi connectivity index (χ0v) is 14.0. The van der Waals surface area contributed by atoms with Crippen LogP contribution in [-0.4, -0.2) is 33.8 Å². The molecule has 1 unspecified atom stereocenters. The molecule has 0 spiro atoms. The van der Waals surface area contributed by atoms with E-state index in [9.17, 15) is 14.7 Å². The highest BCUT2D eigenvalue weighted by molar-refractivity contribution is 6.31. The number of hydrogen-bond donors (Lipinski definition) is 1. The number of ether oxygens (including phenoxy) is 1. The smallest absolute Gasteiger partial charge is 0.343 e. The highest BCUT2D eigenvalue weighted by Gasteiger charge is 2.22. The molecule has 7 heteroatoms. The first-order valence-electron chi connectivity index (χ1n) is 7.39. The molecule has 0 radical (unpaired) electrons. The van der Waals surface area contributed by atoms with Crippen molar-refractivity contribution >= 4 is 28.6 Å². The summed E-state index contributed by atoms with van der Waals surface area (Å²) in [4.78, 5) is 28.6. The Morgan fingerprint density at radius 2 is 2.17 bits per heavy atom. The standard InChI is InChI=1S/C16H19ClN2O4/c1-4-23-16(22)11-7-19(13(8-20)9(2)3)12-5-10(17)6-18-14(12)15(11)21/h5-7,9,13,20H,4,8H2,1-3H3. The number of esters is 1. The van der Waals surface area contributed by atoms with Crippen molar-refractivity contribution in [2.75, 3.05) is 13.2 Å². The molecule has 6 nitrogen and oxygen atoms in total. The minimum Gasteiger partial charge on any atom is -0.462 e. The Morgan fingerprint density at radius 3 is 2.74 bits per heavy atom. The van der Waals surface area contributed by atoms with E-state index in [1.54, 1.807) is 17.6 Å². The first-order chi connectivity index (χ1) is 10.9. The minimum absolute atomic E-state index is 0.0692. The van der Waals surface area contributed by atoms with Gasteiger partial charge in [0.1, 0.15) is 11.1 Å². The monoisotopic (exact) mass is 338 g/mol. The fraction of sp³-hybridized carbons (Fsp3) is 0.438. The van der Waals surface area contributed by atoms with Gasteiger partial charge in [0.15, 0.2) is 0 Å². The number of aliphatic hydroxyl groups excluding tert-OH is 1. The third-order valence-electron chi connectivity index (χ3n) is 3.65. The van der Waals surface area contributed by atoms with E-state index in [4.69, 9.17) is 16.3 Å². The van der Waals surface area contributed by atoms with Crippen LogP contribution in [0.1, 0.15) is 37.2 Å². The van der Waals surface area contributed by atoms with E-state index in [1.165, 1.54) is 12.4 Å². The molecule has 0 bridgehead atoms. The molecule has 2 aromatic heterocycles. The molecule has 2 aromatic rings. The Balaban J connectivity index is 2.82. The summed E-state index contributed by atoms with van der Waals surface area (Å²) in [5.41, 5.74) is -0.0116. The maximum atomic E-state index is 12.5. The van der Waals surface area contributed by atoms with Crippen LogP contribution >= 0.6 is 11.6 Å². The number of fused-ring (bicyclic) bond motifs is 1. The highest BCUT2D eigenvalue weighted by Crippen LogP contribution is 2.24. The topological polar surface area (TPSA) is 81.4 Å². The molecular formula is C16H19ClN2O4. The lowest BCUT2D eigenvalue weighted by atomic mass is 10.0. The molecule has 0 fully saturated rings. The highest BCUT2D eigenvalue weighted by atomic mass is 35.5. The maximum Gasteiger partial charge on any atom is 0.343 e. The van der Waals surface area contributed by atoms with E-state index in [0.29, 0.717) is 10.5 Å². The van der Waals surface area contributed by atoms with Crippen LogP contribution in [0, 0.1) is 5.92 Å². The molecule has 0 aliphatic heterocycles. The van der Waals surface area contributed by atoms with E-state index in [1.807, 2.05) is 13.8 Å². The van der Waals surface area contributed by atoms with Gasteiger partial charge in [-0.25, -0.2) is 9.78 Å². The number of hydrogen-bond acceptors (Lipinski definition) is 5. The van der Waals surface area contributed by atoms with Crippen LogP contribution in [0.3, 0.4) is 0 Å². The summed E-state index contributed by atoms with van der Waals surface area (Å²) in [7, 11) is 0. The fourth-order valence-corrected chi connectivity index (χ4v) is 2.60. The molecule has 0 saturated carbocycles. The van der Waals surface area contributed by atoms with Crippen molar-refractivity contribution in [2.45, 2.75) is 26.8 Å². The summed E-state index contributed by atoms with van der Waals surface area (Å²) in [6.07, 6.45) is 2.77. The van der Waals surface area contributed by atoms with Crippen LogP contribution in [0.15, 0.2) is 23.3 Å². The van der Waals surface area contributed by atoms with Crippen molar-refractivity contribution in [1.29, 1.82) is 0 Å². The van der Waals surface area contributed by atoms with E-state index in [-0.39, 0.29) is 36.3 Å². The zero-order valence-electron chi connectivity index (χ0n) is 13.2. The summed E-state index contributed by atoms with van der Waals surface area (Å²) in [6.45, 7) is 5.56. The first kappa shape index (κ1) is 17.4. The van der Waals surface area contributed by atoms with Gasteiger partial charge in [-0.1, -0.05) is 25.4 Å². The molecule has 1 N–H and O–H groups in total. The second-order valence-corrected chi connectivity index (χ2v) is 5.95. The van der Waals surface area contributed by atoms with E-state index < -0.39 is 11.4 Å². The van der Waals surface area contributed by atoms with Crippen molar-refractivity contribution in [3.05, 3.63) is 39.3 Å². The number of rotatable bonds is 5. The number of pyridine rings is 2. The summed E-state index contributed by atoms with van der Waals surface area (Å²) >= 11 is 5.99. The van der Waals surface area contributed by atoms with Gasteiger partial charge in [-0.3, -0.25) is 4.79 Å². The summed E-state index contributed by atoms with van der Waals surface area (Å²) < 4.78 is 6.61. The molecular weight excluding hydrogens is 320 g/mol. The van der Waals surface area contributed by atoms with Gasteiger partial charge in [0.05, 0.1) is 29.8 Å². The van der Waals surface area contributed by atoms with Crippen molar-refractivity contribution in [3.63, 3.8) is 0 Å². The molecule has 124 valence electrons. The van der Waals surface area contributed by atoms with Gasteiger partial charge in [-0.2, -0.15) is 0 Å². The molecule has 1 atom stereocenters. The van der Waals surface area contributed by atoms with Gasteiger partial charge < -0.3 is 14.4 Å². The molecule has 0 amide bonds. The molecule has 2 heterocycles. The number of aliphatic hydroxyl groups is 1. The Kier molecular flexibility index (Phi) is 5.38. The first-order valence-corrected chi connectivity index (χ1v) is 7.76. The Labute approximate surface area is 138 Å². The summed E-state index contributed by atoms with van der Waals surface area (Å²) in [5.74, 6) is -0.634. The molecule has 0 aromatic carbocycles. The minimum atomic E-state index is -0.703. The van der Waals surface area contributed by atoms with E-state index >= 15 is 0 Å². The van der Waals surface area contributed by atoms with Crippen molar-refractivity contribution < 1.29 is 14.6 Å². The normalized spacial score (nSPS) is 12.6. The van der Waals surface area contributed by atoms with Gasteiger partial charge in [-0.05, 0) is 18.9 Å². The van der Waals surface area contributed by atoms with Gasteiger partial charge in [0, 0.05) is 12.4 Å². The Morgan fingerprint density at radius 1 is 1.48 bits per heavy atom. The lowest BCUT2D eigenvalue weighted by Crippen LogP contribution is -2.26. The number of carbonyl (C=O) groups excluding carboxylic acids is 1. The quantitative estimate of drug-likeness (QED) is 0.847. The van der Waals surface area contributed by atoms with Gasteiger partial charge in [0.2, 0.25) is 5.43 Å². The predicted octanol–water partition coefficient (Wildman–Crippen LogP) is 2.42. The number of nitrogens with zero attached hydrogens (tertiary/aromatic N) is 2. The third-order valence-corrected chi connectivity index (χ3v) is 3.86. The SMILES string of the molecule is CCOC(=O)c1cn(C(CO)C(C)C)c2cc(Cl)cnc2c1=O. The second-order valence-electron chi connectivity index (χ2n) is 5.51. The molecule has 0 saturated heterocycles. The van der Waals surface area contributed by atoms with Crippen LogP contribution in [0.4, 0.5) is 0 Å². The van der Waals surface area contributed by atoms with Gasteiger partial charge in [-0.15, -0.1) is 0 Å². The summed E-state index contributed by atoms with van der Waals surface area (Å²) in [5, 5.41) is 10.1. The molecule has 0 aliphatic rings.